The number of guanidine groups is 1. The first-order valence-electron chi connectivity index (χ1n) is 9.92. The molecule has 8 heteroatoms. The Hall–Kier alpha value is -0.450. The third-order valence-corrected chi connectivity index (χ3v) is 5.47. The van der Waals surface area contributed by atoms with Gasteiger partial charge >= 0.3 is 0 Å². The van der Waals surface area contributed by atoms with Gasteiger partial charge < -0.3 is 20.3 Å². The molecule has 0 amide bonds. The van der Waals surface area contributed by atoms with Gasteiger partial charge in [-0.2, -0.15) is 0 Å². The lowest BCUT2D eigenvalue weighted by Crippen LogP contribution is -2.49. The number of hydrogen-bond donors (Lipinski definition) is 2. The number of aryl methyl sites for hydroxylation is 1. The van der Waals surface area contributed by atoms with Gasteiger partial charge in [0.2, 0.25) is 0 Å². The minimum absolute atomic E-state index is 0. The van der Waals surface area contributed by atoms with E-state index in [-0.39, 0.29) is 24.0 Å². The van der Waals surface area contributed by atoms with Crippen molar-refractivity contribution in [3.8, 4) is 0 Å². The van der Waals surface area contributed by atoms with Crippen LogP contribution in [0.25, 0.3) is 0 Å². The first-order chi connectivity index (χ1) is 12.6. The molecule has 6 nitrogen and oxygen atoms in total. The molecule has 1 saturated heterocycles. The standard InChI is InChI=1S/C19H35N5OS.HI/c1-5-18-22-17(14-26-18)13-21-19(20-6-2)23-16-7-9-24(10-8-16)11-12-25-15(3)4;/h14-16H,5-13H2,1-4H3,(H2,20,21,23);1H. The van der Waals surface area contributed by atoms with Gasteiger partial charge in [0.1, 0.15) is 0 Å². The Morgan fingerprint density at radius 2 is 2.11 bits per heavy atom. The largest absolute Gasteiger partial charge is 0.377 e. The number of piperidine rings is 1. The summed E-state index contributed by atoms with van der Waals surface area (Å²) in [4.78, 5) is 11.8. The molecule has 0 aliphatic carbocycles. The summed E-state index contributed by atoms with van der Waals surface area (Å²) in [5, 5.41) is 10.3. The third-order valence-electron chi connectivity index (χ3n) is 4.43. The Bertz CT molecular complexity index is 544. The summed E-state index contributed by atoms with van der Waals surface area (Å²) in [5.41, 5.74) is 1.06. The zero-order chi connectivity index (χ0) is 18.8. The lowest BCUT2D eigenvalue weighted by atomic mass is 10.1. The zero-order valence-corrected chi connectivity index (χ0v) is 20.3. The van der Waals surface area contributed by atoms with E-state index in [4.69, 9.17) is 9.73 Å². The first kappa shape index (κ1) is 24.6. The SMILES string of the molecule is CCNC(=NCc1csc(CC)n1)NC1CCN(CCOC(C)C)CC1.I. The number of halogens is 1. The van der Waals surface area contributed by atoms with Crippen molar-refractivity contribution < 1.29 is 4.74 Å². The fraction of sp³-hybridized carbons (Fsp3) is 0.789. The van der Waals surface area contributed by atoms with Crippen molar-refractivity contribution in [1.29, 1.82) is 0 Å². The molecule has 1 aromatic heterocycles. The van der Waals surface area contributed by atoms with E-state index in [1.54, 1.807) is 11.3 Å². The zero-order valence-electron chi connectivity index (χ0n) is 17.2. The summed E-state index contributed by atoms with van der Waals surface area (Å²) in [7, 11) is 0. The number of aliphatic imine (C=N–C) groups is 1. The van der Waals surface area contributed by atoms with Gasteiger partial charge in [0.05, 0.1) is 30.0 Å². The second kappa shape index (κ2) is 13.7. The molecule has 0 spiro atoms. The highest BCUT2D eigenvalue weighted by atomic mass is 127. The fourth-order valence-corrected chi connectivity index (χ4v) is 3.71. The van der Waals surface area contributed by atoms with Crippen LogP contribution >= 0.6 is 35.3 Å². The minimum atomic E-state index is 0. The Labute approximate surface area is 185 Å². The van der Waals surface area contributed by atoms with Crippen LogP contribution in [0.3, 0.4) is 0 Å². The van der Waals surface area contributed by atoms with Gasteiger partial charge in [-0.15, -0.1) is 35.3 Å². The number of nitrogens with zero attached hydrogens (tertiary/aromatic N) is 3. The summed E-state index contributed by atoms with van der Waals surface area (Å²) in [6.07, 6.45) is 3.60. The molecule has 27 heavy (non-hydrogen) atoms. The summed E-state index contributed by atoms with van der Waals surface area (Å²) in [6, 6.07) is 0.483. The Balaban J connectivity index is 0.00000364. The van der Waals surface area contributed by atoms with Gasteiger partial charge in [-0.05, 0) is 40.0 Å². The van der Waals surface area contributed by atoms with Crippen LogP contribution in [-0.4, -0.2) is 60.8 Å². The number of ether oxygens (including phenoxy) is 1. The Morgan fingerprint density at radius 3 is 2.70 bits per heavy atom. The van der Waals surface area contributed by atoms with E-state index in [1.807, 2.05) is 0 Å². The maximum atomic E-state index is 5.66. The van der Waals surface area contributed by atoms with Crippen molar-refractivity contribution >= 4 is 41.3 Å². The van der Waals surface area contributed by atoms with Crippen LogP contribution in [0.4, 0.5) is 0 Å². The average Bonchev–Trinajstić information content (AvgIpc) is 3.09. The minimum Gasteiger partial charge on any atom is -0.377 e. The summed E-state index contributed by atoms with van der Waals surface area (Å²) < 4.78 is 5.66. The van der Waals surface area contributed by atoms with Gasteiger partial charge in [-0.1, -0.05) is 6.92 Å². The molecule has 2 N–H and O–H groups in total. The molecule has 0 radical (unpaired) electrons. The van der Waals surface area contributed by atoms with E-state index in [0.29, 0.717) is 18.7 Å². The van der Waals surface area contributed by atoms with Crippen molar-refractivity contribution in [3.05, 3.63) is 16.1 Å². The third kappa shape index (κ3) is 9.54. The maximum absolute atomic E-state index is 5.66. The van der Waals surface area contributed by atoms with Crippen molar-refractivity contribution in [2.45, 2.75) is 65.6 Å². The average molecular weight is 510 g/mol. The Kier molecular flexibility index (Phi) is 12.5. The number of likely N-dealkylation sites (tertiary alicyclic amines) is 1. The highest BCUT2D eigenvalue weighted by molar-refractivity contribution is 14.0. The van der Waals surface area contributed by atoms with Crippen LogP contribution in [0.1, 0.15) is 51.2 Å². The molecular formula is C19H36IN5OS. The van der Waals surface area contributed by atoms with E-state index < -0.39 is 0 Å². The molecule has 0 unspecified atom stereocenters. The normalized spacial score (nSPS) is 16.4. The fourth-order valence-electron chi connectivity index (χ4n) is 2.98. The van der Waals surface area contributed by atoms with Crippen molar-refractivity contribution in [3.63, 3.8) is 0 Å². The Morgan fingerprint density at radius 1 is 1.37 bits per heavy atom. The van der Waals surface area contributed by atoms with Gasteiger partial charge in [-0.3, -0.25) is 0 Å². The molecule has 2 heterocycles. The number of aromatic nitrogens is 1. The lowest BCUT2D eigenvalue weighted by Gasteiger charge is -2.33. The molecular weight excluding hydrogens is 473 g/mol. The number of rotatable bonds is 9. The van der Waals surface area contributed by atoms with Crippen molar-refractivity contribution in [1.82, 2.24) is 20.5 Å². The van der Waals surface area contributed by atoms with E-state index >= 15 is 0 Å². The van der Waals surface area contributed by atoms with E-state index in [0.717, 1.165) is 63.7 Å². The van der Waals surface area contributed by atoms with Crippen LogP contribution in [0.15, 0.2) is 10.4 Å². The smallest absolute Gasteiger partial charge is 0.191 e. The van der Waals surface area contributed by atoms with Crippen molar-refractivity contribution in [2.75, 3.05) is 32.8 Å². The van der Waals surface area contributed by atoms with E-state index in [1.165, 1.54) is 5.01 Å². The van der Waals surface area contributed by atoms with Crippen LogP contribution in [0.2, 0.25) is 0 Å². The maximum Gasteiger partial charge on any atom is 0.191 e. The molecule has 0 aromatic carbocycles. The molecule has 1 aromatic rings. The first-order valence-corrected chi connectivity index (χ1v) is 10.8. The predicted molar refractivity (Wildman–Crippen MR) is 125 cm³/mol. The number of nitrogens with one attached hydrogen (secondary N) is 2. The summed E-state index contributed by atoms with van der Waals surface area (Å²) >= 11 is 1.72. The summed E-state index contributed by atoms with van der Waals surface area (Å²) in [5.74, 6) is 0.903. The molecule has 0 saturated carbocycles. The van der Waals surface area contributed by atoms with Crippen LogP contribution in [-0.2, 0) is 17.7 Å². The quantitative estimate of drug-likeness (QED) is 0.304. The van der Waals surface area contributed by atoms with Gasteiger partial charge in [0, 0.05) is 37.6 Å². The molecule has 1 aliphatic rings. The predicted octanol–water partition coefficient (Wildman–Crippen LogP) is 3.27. The van der Waals surface area contributed by atoms with Crippen LogP contribution < -0.4 is 10.6 Å². The number of hydrogen-bond acceptors (Lipinski definition) is 5. The molecule has 0 atom stereocenters. The highest BCUT2D eigenvalue weighted by Gasteiger charge is 2.19. The highest BCUT2D eigenvalue weighted by Crippen LogP contribution is 2.12. The second-order valence-corrected chi connectivity index (χ2v) is 7.90. The van der Waals surface area contributed by atoms with Gasteiger partial charge in [0.15, 0.2) is 5.96 Å². The number of thiazole rings is 1. The van der Waals surface area contributed by atoms with Gasteiger partial charge in [0.25, 0.3) is 0 Å². The van der Waals surface area contributed by atoms with Crippen LogP contribution in [0, 0.1) is 0 Å². The van der Waals surface area contributed by atoms with E-state index in [2.05, 4.69) is 53.6 Å². The second-order valence-electron chi connectivity index (χ2n) is 6.96. The molecule has 1 fully saturated rings. The lowest BCUT2D eigenvalue weighted by molar-refractivity contribution is 0.0532. The summed E-state index contributed by atoms with van der Waals surface area (Å²) in [6.45, 7) is 14.0. The van der Waals surface area contributed by atoms with Gasteiger partial charge in [-0.25, -0.2) is 9.98 Å². The van der Waals surface area contributed by atoms with E-state index in [9.17, 15) is 0 Å². The topological polar surface area (TPSA) is 61.8 Å². The molecule has 2 rings (SSSR count). The van der Waals surface area contributed by atoms with Crippen LogP contribution in [0.5, 0.6) is 0 Å². The monoisotopic (exact) mass is 509 g/mol. The molecule has 156 valence electrons. The molecule has 0 bridgehead atoms. The molecule has 1 aliphatic heterocycles. The van der Waals surface area contributed by atoms with Crippen molar-refractivity contribution in [2.24, 2.45) is 4.99 Å².